The molecule has 6 heteroatoms. The van der Waals surface area contributed by atoms with Gasteiger partial charge < -0.3 is 10.1 Å². The van der Waals surface area contributed by atoms with Gasteiger partial charge in [0.15, 0.2) is 0 Å². The Bertz CT molecular complexity index is 1090. The molecule has 2 N–H and O–H groups in total. The maximum atomic E-state index is 12.7. The predicted molar refractivity (Wildman–Crippen MR) is 101 cm³/mol. The predicted octanol–water partition coefficient (Wildman–Crippen LogP) is 3.53. The number of hydrogen-bond donors (Lipinski definition) is 2. The molecular weight excluding hydrogens is 348 g/mol. The van der Waals surface area contributed by atoms with Crippen LogP contribution in [0.4, 0.5) is 0 Å². The van der Waals surface area contributed by atoms with E-state index in [1.165, 1.54) is 27.5 Å². The topological polar surface area (TPSA) is 75.1 Å². The maximum absolute atomic E-state index is 12.7. The molecule has 1 saturated carbocycles. The van der Waals surface area contributed by atoms with Gasteiger partial charge >= 0.3 is 5.97 Å². The molecule has 5 nitrogen and oxygen atoms in total. The van der Waals surface area contributed by atoms with Gasteiger partial charge in [0, 0.05) is 23.5 Å². The van der Waals surface area contributed by atoms with E-state index in [2.05, 4.69) is 23.2 Å². The number of aromatic amines is 1. The van der Waals surface area contributed by atoms with Gasteiger partial charge in [0.2, 0.25) is 0 Å². The number of H-pyrrole nitrogens is 1. The quantitative estimate of drug-likeness (QED) is 0.741. The molecule has 2 aromatic heterocycles. The molecule has 3 heterocycles. The van der Waals surface area contributed by atoms with Gasteiger partial charge in [0.05, 0.1) is 5.03 Å². The zero-order valence-electron chi connectivity index (χ0n) is 14.1. The van der Waals surface area contributed by atoms with E-state index >= 15 is 0 Å². The van der Waals surface area contributed by atoms with Crippen LogP contribution in [0.3, 0.4) is 0 Å². The average molecular weight is 366 g/mol. The fourth-order valence-electron chi connectivity index (χ4n) is 3.91. The Morgan fingerprint density at radius 2 is 2.12 bits per heavy atom. The summed E-state index contributed by atoms with van der Waals surface area (Å²) < 4.78 is 1.50. The van der Waals surface area contributed by atoms with Crippen molar-refractivity contribution in [2.75, 3.05) is 5.75 Å². The van der Waals surface area contributed by atoms with Crippen molar-refractivity contribution in [1.82, 2.24) is 9.55 Å². The van der Waals surface area contributed by atoms with E-state index in [0.717, 1.165) is 34.3 Å². The number of nitrogens with zero attached hydrogens (tertiary/aromatic N) is 1. The van der Waals surface area contributed by atoms with Crippen LogP contribution in [0.5, 0.6) is 0 Å². The number of nitrogens with one attached hydrogen (secondary N) is 1. The second-order valence-corrected chi connectivity index (χ2v) is 8.12. The average Bonchev–Trinajstić information content (AvgIpc) is 3.16. The van der Waals surface area contributed by atoms with Crippen LogP contribution >= 0.6 is 11.8 Å². The number of rotatable bonds is 4. The van der Waals surface area contributed by atoms with Crippen molar-refractivity contribution in [3.8, 4) is 0 Å². The van der Waals surface area contributed by atoms with Crippen LogP contribution in [0.15, 0.2) is 46.3 Å². The SMILES string of the molecule is O=C(O)[C@@H]1CSc2c(C3CC3)c(Cc3ccc4[nH]ccc4c3)cc(=O)n21. The van der Waals surface area contributed by atoms with Crippen LogP contribution in [-0.2, 0) is 11.2 Å². The minimum Gasteiger partial charge on any atom is -0.480 e. The Kier molecular flexibility index (Phi) is 3.50. The van der Waals surface area contributed by atoms with Crippen LogP contribution in [-0.4, -0.2) is 26.4 Å². The molecule has 1 aliphatic carbocycles. The molecule has 1 aromatic carbocycles. The second-order valence-electron chi connectivity index (χ2n) is 7.11. The summed E-state index contributed by atoms with van der Waals surface area (Å²) in [6.45, 7) is 0. The van der Waals surface area contributed by atoms with Gasteiger partial charge in [-0.2, -0.15) is 0 Å². The van der Waals surface area contributed by atoms with Gasteiger partial charge in [-0.05, 0) is 65.5 Å². The van der Waals surface area contributed by atoms with Crippen molar-refractivity contribution < 1.29 is 9.90 Å². The van der Waals surface area contributed by atoms with E-state index in [9.17, 15) is 14.7 Å². The number of aromatic nitrogens is 2. The summed E-state index contributed by atoms with van der Waals surface area (Å²) in [5.74, 6) is -0.0306. The molecule has 1 fully saturated rings. The van der Waals surface area contributed by atoms with E-state index in [1.807, 2.05) is 12.3 Å². The Balaban J connectivity index is 1.62. The van der Waals surface area contributed by atoms with Gasteiger partial charge in [0.1, 0.15) is 6.04 Å². The highest BCUT2D eigenvalue weighted by Gasteiger charge is 2.37. The molecule has 3 aromatic rings. The fourth-order valence-corrected chi connectivity index (χ4v) is 5.32. The van der Waals surface area contributed by atoms with E-state index in [0.29, 0.717) is 18.1 Å². The molecule has 1 aliphatic heterocycles. The first-order chi connectivity index (χ1) is 12.6. The first-order valence-corrected chi connectivity index (χ1v) is 9.80. The van der Waals surface area contributed by atoms with Crippen molar-refractivity contribution in [2.45, 2.75) is 36.2 Å². The number of pyridine rings is 1. The number of carboxylic acid groups (broad SMARTS) is 1. The van der Waals surface area contributed by atoms with Gasteiger partial charge in [-0.25, -0.2) is 4.79 Å². The third-order valence-corrected chi connectivity index (χ3v) is 6.48. The lowest BCUT2D eigenvalue weighted by Crippen LogP contribution is -2.29. The first kappa shape index (κ1) is 15.8. The molecule has 0 saturated heterocycles. The molecular formula is C20H18N2O3S. The largest absolute Gasteiger partial charge is 0.480 e. The number of aliphatic carboxylic acids is 1. The maximum Gasteiger partial charge on any atom is 0.327 e. The van der Waals surface area contributed by atoms with Gasteiger partial charge in [-0.3, -0.25) is 9.36 Å². The highest BCUT2D eigenvalue weighted by molar-refractivity contribution is 7.99. The monoisotopic (exact) mass is 366 g/mol. The minimum atomic E-state index is -0.925. The number of fused-ring (bicyclic) bond motifs is 2. The molecule has 0 radical (unpaired) electrons. The highest BCUT2D eigenvalue weighted by Crippen LogP contribution is 2.48. The molecule has 0 bridgehead atoms. The molecule has 1 atom stereocenters. The third kappa shape index (κ3) is 2.48. The lowest BCUT2D eigenvalue weighted by Gasteiger charge is -2.16. The van der Waals surface area contributed by atoms with Crippen molar-refractivity contribution in [3.63, 3.8) is 0 Å². The van der Waals surface area contributed by atoms with Crippen LogP contribution in [0.2, 0.25) is 0 Å². The van der Waals surface area contributed by atoms with Gasteiger partial charge in [-0.15, -0.1) is 11.8 Å². The molecule has 2 aliphatic rings. The number of benzene rings is 1. The molecule has 0 spiro atoms. The third-order valence-electron chi connectivity index (χ3n) is 5.30. The highest BCUT2D eigenvalue weighted by atomic mass is 32.2. The summed E-state index contributed by atoms with van der Waals surface area (Å²) in [6, 6.07) is 9.28. The van der Waals surface area contributed by atoms with Crippen molar-refractivity contribution >= 4 is 28.6 Å². The molecule has 0 amide bonds. The van der Waals surface area contributed by atoms with Crippen LogP contribution in [0, 0.1) is 0 Å². The van der Waals surface area contributed by atoms with E-state index < -0.39 is 12.0 Å². The lowest BCUT2D eigenvalue weighted by molar-refractivity contribution is -0.140. The van der Waals surface area contributed by atoms with Crippen molar-refractivity contribution in [2.24, 2.45) is 0 Å². The molecule has 26 heavy (non-hydrogen) atoms. The number of carboxylic acids is 1. The number of carbonyl (C=O) groups is 1. The smallest absolute Gasteiger partial charge is 0.327 e. The summed E-state index contributed by atoms with van der Waals surface area (Å²) in [4.78, 5) is 27.4. The normalized spacial score (nSPS) is 19.0. The van der Waals surface area contributed by atoms with Gasteiger partial charge in [0.25, 0.3) is 5.56 Å². The van der Waals surface area contributed by atoms with Gasteiger partial charge in [-0.1, -0.05) is 6.07 Å². The second kappa shape index (κ2) is 5.77. The fraction of sp³-hybridized carbons (Fsp3) is 0.300. The Morgan fingerprint density at radius 1 is 1.27 bits per heavy atom. The summed E-state index contributed by atoms with van der Waals surface area (Å²) in [6.07, 6.45) is 4.86. The van der Waals surface area contributed by atoms with E-state index in [1.54, 1.807) is 6.07 Å². The van der Waals surface area contributed by atoms with E-state index in [4.69, 9.17) is 0 Å². The Labute approximate surface area is 154 Å². The van der Waals surface area contributed by atoms with Crippen LogP contribution < -0.4 is 5.56 Å². The Hall–Kier alpha value is -2.47. The van der Waals surface area contributed by atoms with Crippen molar-refractivity contribution in [1.29, 1.82) is 0 Å². The standard InChI is InChI=1S/C20H18N2O3S/c23-17-9-14(8-11-1-4-15-13(7-11)5-6-21-15)18(12-2-3-12)19-22(17)16(10-26-19)20(24)25/h1,4-7,9,12,16,21H,2-3,8,10H2,(H,24,25)/t16-/m0/s1. The summed E-state index contributed by atoms with van der Waals surface area (Å²) in [5.41, 5.74) is 4.33. The van der Waals surface area contributed by atoms with Crippen molar-refractivity contribution in [3.05, 3.63) is 63.6 Å². The van der Waals surface area contributed by atoms with Crippen LogP contribution in [0.25, 0.3) is 10.9 Å². The summed E-state index contributed by atoms with van der Waals surface area (Å²) in [5, 5.41) is 11.5. The lowest BCUT2D eigenvalue weighted by atomic mass is 9.97. The zero-order chi connectivity index (χ0) is 17.8. The Morgan fingerprint density at radius 3 is 2.88 bits per heavy atom. The molecule has 0 unspecified atom stereocenters. The zero-order valence-corrected chi connectivity index (χ0v) is 14.9. The first-order valence-electron chi connectivity index (χ1n) is 8.82. The number of thioether (sulfide) groups is 1. The molecule has 132 valence electrons. The summed E-state index contributed by atoms with van der Waals surface area (Å²) in [7, 11) is 0. The van der Waals surface area contributed by atoms with E-state index in [-0.39, 0.29) is 5.56 Å². The summed E-state index contributed by atoms with van der Waals surface area (Å²) >= 11 is 1.52. The minimum absolute atomic E-state index is 0.195. The van der Waals surface area contributed by atoms with Crippen LogP contribution in [0.1, 0.15) is 41.5 Å². The number of hydrogen-bond acceptors (Lipinski definition) is 3. The molecule has 5 rings (SSSR count).